The summed E-state index contributed by atoms with van der Waals surface area (Å²) in [5, 5.41) is 2.77. The molecule has 0 aliphatic carbocycles. The van der Waals surface area contributed by atoms with Crippen molar-refractivity contribution in [2.24, 2.45) is 0 Å². The summed E-state index contributed by atoms with van der Waals surface area (Å²) in [5.41, 5.74) is 1.32. The standard InChI is InChI=1S/C20H23NO6/c1-23-15-8-6-13(10-16(15)24-2)7-9-19(22)21-14-11-17(25-3)20(27-5)18(12-14)26-4/h6-12H,1-5H3,(H,21,22)/b9-7+. The fraction of sp³-hybridized carbons (Fsp3) is 0.250. The Kier molecular flexibility index (Phi) is 6.93. The maximum atomic E-state index is 12.3. The Morgan fingerprint density at radius 2 is 1.37 bits per heavy atom. The lowest BCUT2D eigenvalue weighted by Crippen LogP contribution is -2.08. The second-order valence-corrected chi connectivity index (χ2v) is 5.35. The maximum absolute atomic E-state index is 12.3. The predicted octanol–water partition coefficient (Wildman–Crippen LogP) is 3.38. The van der Waals surface area contributed by atoms with Gasteiger partial charge in [0.15, 0.2) is 23.0 Å². The monoisotopic (exact) mass is 373 g/mol. The van der Waals surface area contributed by atoms with Gasteiger partial charge in [0, 0.05) is 23.9 Å². The fourth-order valence-corrected chi connectivity index (χ4v) is 2.47. The van der Waals surface area contributed by atoms with Crippen molar-refractivity contribution in [1.29, 1.82) is 0 Å². The smallest absolute Gasteiger partial charge is 0.248 e. The predicted molar refractivity (Wildman–Crippen MR) is 103 cm³/mol. The fourth-order valence-electron chi connectivity index (χ4n) is 2.47. The van der Waals surface area contributed by atoms with Crippen molar-refractivity contribution in [3.8, 4) is 28.7 Å². The zero-order valence-corrected chi connectivity index (χ0v) is 16.0. The van der Waals surface area contributed by atoms with Crippen molar-refractivity contribution in [2.45, 2.75) is 0 Å². The molecule has 0 saturated carbocycles. The molecular weight excluding hydrogens is 350 g/mol. The van der Waals surface area contributed by atoms with Gasteiger partial charge in [0.05, 0.1) is 35.5 Å². The van der Waals surface area contributed by atoms with Gasteiger partial charge >= 0.3 is 0 Å². The number of hydrogen-bond donors (Lipinski definition) is 1. The first-order valence-electron chi connectivity index (χ1n) is 8.07. The van der Waals surface area contributed by atoms with Crippen molar-refractivity contribution in [3.05, 3.63) is 42.0 Å². The largest absolute Gasteiger partial charge is 0.493 e. The van der Waals surface area contributed by atoms with E-state index in [9.17, 15) is 4.79 Å². The summed E-state index contributed by atoms with van der Waals surface area (Å²) < 4.78 is 26.3. The number of amides is 1. The average Bonchev–Trinajstić information content (AvgIpc) is 2.70. The number of anilines is 1. The molecule has 7 nitrogen and oxygen atoms in total. The molecule has 7 heteroatoms. The van der Waals surface area contributed by atoms with Crippen molar-refractivity contribution >= 4 is 17.7 Å². The van der Waals surface area contributed by atoms with Crippen molar-refractivity contribution in [2.75, 3.05) is 40.9 Å². The van der Waals surface area contributed by atoms with Gasteiger partial charge in [-0.1, -0.05) is 6.07 Å². The first-order chi connectivity index (χ1) is 13.1. The van der Waals surface area contributed by atoms with E-state index >= 15 is 0 Å². The molecule has 0 atom stereocenters. The molecule has 27 heavy (non-hydrogen) atoms. The molecule has 0 heterocycles. The Balaban J connectivity index is 2.17. The number of carbonyl (C=O) groups is 1. The highest BCUT2D eigenvalue weighted by atomic mass is 16.5. The molecule has 0 spiro atoms. The van der Waals surface area contributed by atoms with Gasteiger partial charge in [0.2, 0.25) is 11.7 Å². The zero-order chi connectivity index (χ0) is 19.8. The maximum Gasteiger partial charge on any atom is 0.248 e. The van der Waals surface area contributed by atoms with Crippen molar-refractivity contribution < 1.29 is 28.5 Å². The van der Waals surface area contributed by atoms with E-state index in [2.05, 4.69) is 5.32 Å². The highest BCUT2D eigenvalue weighted by Gasteiger charge is 2.14. The first kappa shape index (κ1) is 20.0. The molecule has 2 aromatic carbocycles. The summed E-state index contributed by atoms with van der Waals surface area (Å²) in [7, 11) is 7.67. The molecular formula is C20H23NO6. The summed E-state index contributed by atoms with van der Waals surface area (Å²) in [5.74, 6) is 2.27. The SMILES string of the molecule is COc1ccc(/C=C/C(=O)Nc2cc(OC)c(OC)c(OC)c2)cc1OC. The second-order valence-electron chi connectivity index (χ2n) is 5.35. The molecule has 0 radical (unpaired) electrons. The van der Waals surface area contributed by atoms with Gasteiger partial charge < -0.3 is 29.0 Å². The van der Waals surface area contributed by atoms with E-state index < -0.39 is 0 Å². The van der Waals surface area contributed by atoms with E-state index in [1.165, 1.54) is 27.4 Å². The number of methoxy groups -OCH3 is 5. The Hall–Kier alpha value is -3.35. The van der Waals surface area contributed by atoms with Crippen LogP contribution in [-0.2, 0) is 4.79 Å². The van der Waals surface area contributed by atoms with Crippen LogP contribution < -0.4 is 29.0 Å². The van der Waals surface area contributed by atoms with Gasteiger partial charge in [-0.2, -0.15) is 0 Å². The highest BCUT2D eigenvalue weighted by molar-refractivity contribution is 6.02. The third kappa shape index (κ3) is 4.84. The molecule has 144 valence electrons. The van der Waals surface area contributed by atoms with Crippen LogP contribution >= 0.6 is 0 Å². The number of hydrogen-bond acceptors (Lipinski definition) is 6. The molecule has 0 aliphatic rings. The quantitative estimate of drug-likeness (QED) is 0.715. The molecule has 0 bridgehead atoms. The van der Waals surface area contributed by atoms with Gasteiger partial charge in [-0.15, -0.1) is 0 Å². The lowest BCUT2D eigenvalue weighted by molar-refractivity contribution is -0.111. The van der Waals surface area contributed by atoms with Gasteiger partial charge in [-0.25, -0.2) is 0 Å². The molecule has 0 aromatic heterocycles. The van der Waals surface area contributed by atoms with E-state index in [1.807, 2.05) is 6.07 Å². The van der Waals surface area contributed by atoms with E-state index in [4.69, 9.17) is 23.7 Å². The minimum atomic E-state index is -0.306. The molecule has 2 rings (SSSR count). The van der Waals surface area contributed by atoms with Crippen LogP contribution in [0, 0.1) is 0 Å². The van der Waals surface area contributed by atoms with Crippen LogP contribution in [-0.4, -0.2) is 41.5 Å². The number of ether oxygens (including phenoxy) is 5. The van der Waals surface area contributed by atoms with Crippen LogP contribution in [0.4, 0.5) is 5.69 Å². The molecule has 0 aliphatic heterocycles. The molecule has 1 amide bonds. The van der Waals surface area contributed by atoms with E-state index in [-0.39, 0.29) is 5.91 Å². The zero-order valence-electron chi connectivity index (χ0n) is 16.0. The normalized spacial score (nSPS) is 10.4. The Labute approximate surface area is 158 Å². The lowest BCUT2D eigenvalue weighted by Gasteiger charge is -2.14. The van der Waals surface area contributed by atoms with Crippen LogP contribution in [0.25, 0.3) is 6.08 Å². The second kappa shape index (κ2) is 9.38. The third-order valence-electron chi connectivity index (χ3n) is 3.77. The van der Waals surface area contributed by atoms with Crippen LogP contribution in [0.5, 0.6) is 28.7 Å². The minimum absolute atomic E-state index is 0.306. The van der Waals surface area contributed by atoms with E-state index in [0.717, 1.165) is 5.56 Å². The van der Waals surface area contributed by atoms with Gasteiger partial charge in [-0.05, 0) is 23.8 Å². The number of carbonyl (C=O) groups excluding carboxylic acids is 1. The van der Waals surface area contributed by atoms with Crippen LogP contribution in [0.1, 0.15) is 5.56 Å². The Morgan fingerprint density at radius 1 is 0.778 bits per heavy atom. The Bertz CT molecular complexity index is 806. The lowest BCUT2D eigenvalue weighted by atomic mass is 10.2. The molecule has 0 saturated heterocycles. The van der Waals surface area contributed by atoms with Crippen LogP contribution in [0.15, 0.2) is 36.4 Å². The molecule has 2 aromatic rings. The third-order valence-corrected chi connectivity index (χ3v) is 3.77. The van der Waals surface area contributed by atoms with Crippen molar-refractivity contribution in [3.63, 3.8) is 0 Å². The van der Waals surface area contributed by atoms with Crippen LogP contribution in [0.2, 0.25) is 0 Å². The summed E-state index contributed by atoms with van der Waals surface area (Å²) in [6.07, 6.45) is 3.10. The van der Waals surface area contributed by atoms with E-state index in [0.29, 0.717) is 34.4 Å². The topological polar surface area (TPSA) is 75.3 Å². The van der Waals surface area contributed by atoms with E-state index in [1.54, 1.807) is 44.6 Å². The summed E-state index contributed by atoms with van der Waals surface area (Å²) in [4.78, 5) is 12.3. The van der Waals surface area contributed by atoms with Gasteiger partial charge in [-0.3, -0.25) is 4.79 Å². The average molecular weight is 373 g/mol. The summed E-state index contributed by atoms with van der Waals surface area (Å²) in [6, 6.07) is 8.69. The molecule has 0 unspecified atom stereocenters. The van der Waals surface area contributed by atoms with Gasteiger partial charge in [0.25, 0.3) is 0 Å². The first-order valence-corrected chi connectivity index (χ1v) is 8.07. The van der Waals surface area contributed by atoms with Crippen molar-refractivity contribution in [1.82, 2.24) is 0 Å². The minimum Gasteiger partial charge on any atom is -0.493 e. The summed E-state index contributed by atoms with van der Waals surface area (Å²) >= 11 is 0. The molecule has 1 N–H and O–H groups in total. The molecule has 0 fully saturated rings. The number of rotatable bonds is 8. The Morgan fingerprint density at radius 3 is 1.89 bits per heavy atom. The highest BCUT2D eigenvalue weighted by Crippen LogP contribution is 2.39. The van der Waals surface area contributed by atoms with Gasteiger partial charge in [0.1, 0.15) is 0 Å². The summed E-state index contributed by atoms with van der Waals surface area (Å²) in [6.45, 7) is 0. The number of nitrogens with one attached hydrogen (secondary N) is 1. The van der Waals surface area contributed by atoms with Crippen LogP contribution in [0.3, 0.4) is 0 Å². The number of benzene rings is 2.